The smallest absolute Gasteiger partial charge is 0.252 e. The van der Waals surface area contributed by atoms with Gasteiger partial charge in [-0.15, -0.1) is 23.5 Å². The van der Waals surface area contributed by atoms with E-state index in [1.54, 1.807) is 45.5 Å². The van der Waals surface area contributed by atoms with Crippen molar-refractivity contribution in [3.05, 3.63) is 22.0 Å². The van der Waals surface area contributed by atoms with E-state index < -0.39 is 32.7 Å². The average Bonchev–Trinajstić information content (AvgIpc) is 3.53. The monoisotopic (exact) mass is 674 g/mol. The topological polar surface area (TPSA) is 74.8 Å². The number of nitrogens with zero attached hydrogens (tertiary/aromatic N) is 2. The molecule has 0 radical (unpaired) electrons. The van der Waals surface area contributed by atoms with E-state index in [9.17, 15) is 18.0 Å². The molecule has 6 nitrogen and oxygen atoms in total. The minimum atomic E-state index is -0.983. The maximum atomic E-state index is 12.8. The summed E-state index contributed by atoms with van der Waals surface area (Å²) in [7, 11) is -1.97. The van der Waals surface area contributed by atoms with E-state index in [2.05, 4.69) is 0 Å². The van der Waals surface area contributed by atoms with Gasteiger partial charge in [0.1, 0.15) is 0 Å². The summed E-state index contributed by atoms with van der Waals surface area (Å²) < 4.78 is 25.3. The highest BCUT2D eigenvalue weighted by molar-refractivity contribution is 8.03. The number of hydrogen-bond donors (Lipinski definition) is 0. The zero-order valence-electron chi connectivity index (χ0n) is 24.5. The molecule has 4 heterocycles. The lowest BCUT2D eigenvalue weighted by atomic mass is 9.91. The fourth-order valence-corrected chi connectivity index (χ4v) is 12.3. The van der Waals surface area contributed by atoms with Gasteiger partial charge in [0.25, 0.3) is 11.8 Å². The van der Waals surface area contributed by atoms with Crippen molar-refractivity contribution in [3.63, 3.8) is 0 Å². The molecule has 228 valence electrons. The molecule has 2 amide bonds. The average molecular weight is 675 g/mol. The minimum absolute atomic E-state index is 0.0308. The van der Waals surface area contributed by atoms with Crippen LogP contribution in [0.2, 0.25) is 0 Å². The highest BCUT2D eigenvalue weighted by atomic mass is 32.2. The molecular weight excluding hydrogens is 633 g/mol. The predicted molar refractivity (Wildman–Crippen MR) is 183 cm³/mol. The first kappa shape index (κ1) is 33.5. The molecule has 4 aliphatic rings. The Bertz CT molecular complexity index is 1100. The number of carbonyl (C=O) groups excluding carboxylic acids is 2. The van der Waals surface area contributed by atoms with Crippen molar-refractivity contribution in [2.24, 2.45) is 11.8 Å². The van der Waals surface area contributed by atoms with E-state index >= 15 is 0 Å². The van der Waals surface area contributed by atoms with Gasteiger partial charge in [0.15, 0.2) is 0 Å². The summed E-state index contributed by atoms with van der Waals surface area (Å²) >= 11 is 14.9. The van der Waals surface area contributed by atoms with Crippen LogP contribution in [-0.4, -0.2) is 85.6 Å². The van der Waals surface area contributed by atoms with Gasteiger partial charge in [-0.2, -0.15) is 0 Å². The quantitative estimate of drug-likeness (QED) is 0.221. The molecule has 0 aromatic rings. The van der Waals surface area contributed by atoms with Gasteiger partial charge < -0.3 is 0 Å². The molecule has 12 heteroatoms. The molecule has 0 aliphatic carbocycles. The summed E-state index contributed by atoms with van der Waals surface area (Å²) in [6.07, 6.45) is 9.09. The number of fused-ring (bicyclic) bond motifs is 2. The second-order valence-corrected chi connectivity index (χ2v) is 18.9. The molecule has 0 bridgehead atoms. The van der Waals surface area contributed by atoms with Crippen LogP contribution in [-0.2, 0) is 31.2 Å². The third-order valence-electron chi connectivity index (χ3n) is 8.32. The van der Waals surface area contributed by atoms with Gasteiger partial charge in [0.2, 0.25) is 0 Å². The van der Waals surface area contributed by atoms with Gasteiger partial charge >= 0.3 is 0 Å². The van der Waals surface area contributed by atoms with E-state index in [4.69, 9.17) is 24.4 Å². The Labute approximate surface area is 269 Å². The molecule has 0 saturated carbocycles. The third kappa shape index (κ3) is 8.01. The molecule has 2 saturated heterocycles. The van der Waals surface area contributed by atoms with Crippen molar-refractivity contribution in [1.29, 1.82) is 0 Å². The molecule has 4 unspecified atom stereocenters. The molecule has 0 aromatic heterocycles. The van der Waals surface area contributed by atoms with Crippen molar-refractivity contribution in [1.82, 2.24) is 9.80 Å². The largest absolute Gasteiger partial charge is 0.297 e. The summed E-state index contributed by atoms with van der Waals surface area (Å²) in [5, 5.41) is 0. The molecule has 4 atom stereocenters. The Balaban J connectivity index is 1.13. The predicted octanol–water partition coefficient (Wildman–Crippen LogP) is 5.60. The summed E-state index contributed by atoms with van der Waals surface area (Å²) in [4.78, 5) is 32.9. The number of thioether (sulfide) groups is 2. The van der Waals surface area contributed by atoms with Gasteiger partial charge in [-0.3, -0.25) is 27.8 Å². The maximum absolute atomic E-state index is 12.8. The van der Waals surface area contributed by atoms with E-state index in [1.807, 2.05) is 27.7 Å². The highest BCUT2D eigenvalue weighted by Crippen LogP contribution is 2.43. The Hall–Kier alpha value is -0.400. The summed E-state index contributed by atoms with van der Waals surface area (Å²) in [5.74, 6) is 4.54. The second kappa shape index (κ2) is 14.1. The molecule has 2 fully saturated rings. The van der Waals surface area contributed by atoms with Crippen LogP contribution in [0.4, 0.5) is 0 Å². The molecule has 0 spiro atoms. The van der Waals surface area contributed by atoms with E-state index in [-0.39, 0.29) is 23.7 Å². The first-order valence-electron chi connectivity index (χ1n) is 14.5. The molecular formula is C29H42N2O4S6. The Morgan fingerprint density at radius 2 is 1.10 bits per heavy atom. The van der Waals surface area contributed by atoms with Crippen LogP contribution in [0.25, 0.3) is 0 Å². The number of rotatable bonds is 14. The lowest BCUT2D eigenvalue weighted by molar-refractivity contribution is -0.127. The fourth-order valence-electron chi connectivity index (χ4n) is 6.08. The third-order valence-corrected chi connectivity index (χ3v) is 14.6. The van der Waals surface area contributed by atoms with Gasteiger partial charge in [0.05, 0.1) is 9.98 Å². The van der Waals surface area contributed by atoms with E-state index in [0.717, 1.165) is 69.8 Å². The highest BCUT2D eigenvalue weighted by Gasteiger charge is 2.43. The van der Waals surface area contributed by atoms with Crippen LogP contribution in [0.15, 0.2) is 22.0 Å². The standard InChI is InChI=1S/C29H42N2O4S6/c1-28(2,30-24(32)18-22-20(26(30)36)8-12-38-22)10-5-14-40(34)16-7-17-41(35)15-6-11-29(3,4)31-25(33)19-23-21(27(31)37)9-13-39-23/h18-21H,5-17H2,1-4H3. The van der Waals surface area contributed by atoms with Crippen molar-refractivity contribution < 1.29 is 18.0 Å². The maximum Gasteiger partial charge on any atom is 0.252 e. The van der Waals surface area contributed by atoms with Crippen molar-refractivity contribution in [2.45, 2.75) is 83.7 Å². The van der Waals surface area contributed by atoms with Crippen LogP contribution in [0, 0.1) is 11.8 Å². The zero-order chi connectivity index (χ0) is 29.9. The van der Waals surface area contributed by atoms with Gasteiger partial charge in [0, 0.05) is 89.5 Å². The van der Waals surface area contributed by atoms with Gasteiger partial charge in [-0.05, 0) is 84.1 Å². The van der Waals surface area contributed by atoms with E-state index in [0.29, 0.717) is 29.4 Å². The van der Waals surface area contributed by atoms with Crippen molar-refractivity contribution in [3.8, 4) is 0 Å². The Morgan fingerprint density at radius 1 is 0.732 bits per heavy atom. The Morgan fingerprint density at radius 3 is 1.49 bits per heavy atom. The second-order valence-electron chi connectivity index (χ2n) is 12.4. The zero-order valence-corrected chi connectivity index (χ0v) is 29.4. The molecule has 0 N–H and O–H groups in total. The molecule has 4 aliphatic heterocycles. The van der Waals surface area contributed by atoms with E-state index in [1.165, 1.54) is 0 Å². The summed E-state index contributed by atoms with van der Waals surface area (Å²) in [6, 6.07) is 0. The van der Waals surface area contributed by atoms with Gasteiger partial charge in [-0.25, -0.2) is 0 Å². The van der Waals surface area contributed by atoms with Crippen LogP contribution in [0.1, 0.15) is 72.6 Å². The normalized spacial score (nSPS) is 24.8. The van der Waals surface area contributed by atoms with Crippen LogP contribution >= 0.6 is 48.0 Å². The molecule has 0 aromatic carbocycles. The first-order valence-corrected chi connectivity index (χ1v) is 20.2. The minimum Gasteiger partial charge on any atom is -0.297 e. The van der Waals surface area contributed by atoms with Crippen molar-refractivity contribution >= 4 is 91.4 Å². The lowest BCUT2D eigenvalue weighted by Crippen LogP contribution is -2.53. The number of carbonyl (C=O) groups is 2. The fraction of sp³-hybridized carbons (Fsp3) is 0.724. The first-order chi connectivity index (χ1) is 19.3. The Kier molecular flexibility index (Phi) is 11.5. The summed E-state index contributed by atoms with van der Waals surface area (Å²) in [6.45, 7) is 8.17. The van der Waals surface area contributed by atoms with Crippen LogP contribution < -0.4 is 0 Å². The summed E-state index contributed by atoms with van der Waals surface area (Å²) in [5.41, 5.74) is -0.833. The molecule has 41 heavy (non-hydrogen) atoms. The number of amides is 2. The number of thiocarbonyl (C=S) groups is 2. The van der Waals surface area contributed by atoms with Crippen molar-refractivity contribution in [2.75, 3.05) is 34.5 Å². The van der Waals surface area contributed by atoms with Gasteiger partial charge in [-0.1, -0.05) is 24.4 Å². The SMILES string of the molecule is CC(C)(CCCS(=O)CCCS(=O)CCCC(C)(C)N1C(=O)C=C2SCCC2C1=S)N1C(=O)C=C2SCCC2C1=S. The van der Waals surface area contributed by atoms with Crippen LogP contribution in [0.3, 0.4) is 0 Å². The number of hydrogen-bond acceptors (Lipinski definition) is 8. The lowest BCUT2D eigenvalue weighted by Gasteiger charge is -2.42. The van der Waals surface area contributed by atoms with Crippen LogP contribution in [0.5, 0.6) is 0 Å². The molecule has 4 rings (SSSR count).